The number of hydrogen-bond acceptors (Lipinski definition) is 3. The van der Waals surface area contributed by atoms with Crippen LogP contribution in [0.4, 0.5) is 10.1 Å². The fourth-order valence-corrected chi connectivity index (χ4v) is 3.09. The van der Waals surface area contributed by atoms with Gasteiger partial charge in [0, 0.05) is 9.83 Å². The zero-order chi connectivity index (χ0) is 16.5. The molecule has 7 heteroatoms. The van der Waals surface area contributed by atoms with Crippen molar-refractivity contribution in [3.63, 3.8) is 0 Å². The lowest BCUT2D eigenvalue weighted by Gasteiger charge is -2.10. The van der Waals surface area contributed by atoms with Crippen molar-refractivity contribution in [2.75, 3.05) is 11.6 Å². The first-order chi connectivity index (χ1) is 10.2. The molecule has 0 bridgehead atoms. The lowest BCUT2D eigenvalue weighted by Crippen LogP contribution is -2.15. The molecule has 0 spiro atoms. The van der Waals surface area contributed by atoms with Crippen LogP contribution in [0.1, 0.15) is 15.9 Å². The summed E-state index contributed by atoms with van der Waals surface area (Å²) in [5, 5.41) is 2.42. The van der Waals surface area contributed by atoms with Crippen molar-refractivity contribution < 1.29 is 17.6 Å². The van der Waals surface area contributed by atoms with E-state index < -0.39 is 21.6 Å². The van der Waals surface area contributed by atoms with E-state index in [-0.39, 0.29) is 10.6 Å². The molecule has 0 saturated carbocycles. The Labute approximate surface area is 141 Å². The van der Waals surface area contributed by atoms with Crippen molar-refractivity contribution in [2.45, 2.75) is 11.8 Å². The van der Waals surface area contributed by atoms with Crippen LogP contribution in [0.2, 0.25) is 0 Å². The molecule has 2 aromatic rings. The van der Waals surface area contributed by atoms with E-state index in [1.807, 2.05) is 35.6 Å². The number of sulfone groups is 1. The molecule has 0 fully saturated rings. The van der Waals surface area contributed by atoms with Gasteiger partial charge >= 0.3 is 0 Å². The second kappa shape index (κ2) is 6.33. The van der Waals surface area contributed by atoms with E-state index in [1.54, 1.807) is 12.1 Å². The van der Waals surface area contributed by atoms with Gasteiger partial charge in [0.2, 0.25) is 0 Å². The Morgan fingerprint density at radius 1 is 1.23 bits per heavy atom. The molecule has 0 aliphatic rings. The van der Waals surface area contributed by atoms with Gasteiger partial charge in [0.1, 0.15) is 5.82 Å². The Balaban J connectivity index is 2.38. The number of benzene rings is 2. The maximum absolute atomic E-state index is 13.8. The largest absolute Gasteiger partial charge is 0.319 e. The average molecular weight is 433 g/mol. The van der Waals surface area contributed by atoms with Crippen LogP contribution in [0.3, 0.4) is 0 Å². The van der Waals surface area contributed by atoms with Gasteiger partial charge in [-0.2, -0.15) is 0 Å². The quantitative estimate of drug-likeness (QED) is 0.597. The van der Waals surface area contributed by atoms with Crippen LogP contribution in [0.15, 0.2) is 41.3 Å². The number of aryl methyl sites for hydroxylation is 1. The number of carbonyl (C=O) groups excluding carboxylic acids is 1. The summed E-state index contributed by atoms with van der Waals surface area (Å²) in [5.41, 5.74) is 1.17. The highest BCUT2D eigenvalue weighted by atomic mass is 127. The lowest BCUT2D eigenvalue weighted by molar-refractivity contribution is 0.102. The van der Waals surface area contributed by atoms with Crippen LogP contribution in [-0.2, 0) is 9.84 Å². The van der Waals surface area contributed by atoms with Gasteiger partial charge in [-0.3, -0.25) is 4.79 Å². The maximum Gasteiger partial charge on any atom is 0.256 e. The van der Waals surface area contributed by atoms with Crippen molar-refractivity contribution in [3.8, 4) is 0 Å². The number of nitrogens with one attached hydrogen (secondary N) is 1. The minimum absolute atomic E-state index is 0.0526. The smallest absolute Gasteiger partial charge is 0.256 e. The molecule has 22 heavy (non-hydrogen) atoms. The first-order valence-corrected chi connectivity index (χ1v) is 9.23. The Hall–Kier alpha value is -1.48. The molecule has 0 aliphatic heterocycles. The van der Waals surface area contributed by atoms with Gasteiger partial charge in [0.15, 0.2) is 9.84 Å². The first-order valence-electron chi connectivity index (χ1n) is 6.26. The molecule has 0 unspecified atom stereocenters. The molecule has 0 aromatic heterocycles. The second-order valence-corrected chi connectivity index (χ2v) is 7.90. The summed E-state index contributed by atoms with van der Waals surface area (Å²) in [7, 11) is -3.48. The Morgan fingerprint density at radius 2 is 1.91 bits per heavy atom. The summed E-state index contributed by atoms with van der Waals surface area (Å²) < 4.78 is 37.6. The van der Waals surface area contributed by atoms with Gasteiger partial charge in [0.05, 0.1) is 16.1 Å². The standard InChI is InChI=1S/C15H13FINO3S/c1-9-4-3-5-11(14(9)17)15(19)18-13-8-10(22(2,20)21)6-7-12(13)16/h3-8H,1-2H3,(H,18,19). The van der Waals surface area contributed by atoms with Crippen molar-refractivity contribution in [1.29, 1.82) is 0 Å². The molecule has 4 nitrogen and oxygen atoms in total. The zero-order valence-electron chi connectivity index (χ0n) is 11.9. The van der Waals surface area contributed by atoms with Gasteiger partial charge < -0.3 is 5.32 Å². The first kappa shape index (κ1) is 16.9. The molecule has 0 saturated heterocycles. The molecule has 2 rings (SSSR count). The molecule has 116 valence electrons. The molecule has 0 radical (unpaired) electrons. The van der Waals surface area contributed by atoms with Crippen LogP contribution in [0, 0.1) is 16.3 Å². The Morgan fingerprint density at radius 3 is 2.55 bits per heavy atom. The fourth-order valence-electron chi connectivity index (χ4n) is 1.84. The highest BCUT2D eigenvalue weighted by Gasteiger charge is 2.16. The molecule has 2 aromatic carbocycles. The molecular formula is C15H13FINO3S. The highest BCUT2D eigenvalue weighted by molar-refractivity contribution is 14.1. The number of anilines is 1. The highest BCUT2D eigenvalue weighted by Crippen LogP contribution is 2.22. The van der Waals surface area contributed by atoms with E-state index in [0.29, 0.717) is 5.56 Å². The van der Waals surface area contributed by atoms with Gasteiger partial charge in [0.25, 0.3) is 5.91 Å². The topological polar surface area (TPSA) is 63.2 Å². The Kier molecular flexibility index (Phi) is 4.86. The third-order valence-electron chi connectivity index (χ3n) is 3.05. The minimum atomic E-state index is -3.48. The number of halogens is 2. The molecule has 0 aliphatic carbocycles. The SMILES string of the molecule is Cc1cccc(C(=O)Nc2cc(S(C)(=O)=O)ccc2F)c1I. The van der Waals surface area contributed by atoms with E-state index in [9.17, 15) is 17.6 Å². The second-order valence-electron chi connectivity index (χ2n) is 4.80. The molecule has 0 heterocycles. The van der Waals surface area contributed by atoms with Crippen molar-refractivity contribution in [2.24, 2.45) is 0 Å². The van der Waals surface area contributed by atoms with E-state index in [0.717, 1.165) is 33.6 Å². The third-order valence-corrected chi connectivity index (χ3v) is 5.59. The van der Waals surface area contributed by atoms with Crippen LogP contribution in [0.5, 0.6) is 0 Å². The van der Waals surface area contributed by atoms with Crippen LogP contribution >= 0.6 is 22.6 Å². The van der Waals surface area contributed by atoms with Crippen LogP contribution in [0.25, 0.3) is 0 Å². The number of hydrogen-bond donors (Lipinski definition) is 1. The number of carbonyl (C=O) groups is 1. The maximum atomic E-state index is 13.8. The lowest BCUT2D eigenvalue weighted by atomic mass is 10.1. The minimum Gasteiger partial charge on any atom is -0.319 e. The third kappa shape index (κ3) is 3.64. The van der Waals surface area contributed by atoms with Gasteiger partial charge in [-0.05, 0) is 59.3 Å². The van der Waals surface area contributed by atoms with Crippen molar-refractivity contribution in [1.82, 2.24) is 0 Å². The predicted molar refractivity (Wildman–Crippen MR) is 91.4 cm³/mol. The van der Waals surface area contributed by atoms with E-state index in [1.165, 1.54) is 0 Å². The van der Waals surface area contributed by atoms with Crippen molar-refractivity contribution >= 4 is 44.0 Å². The monoisotopic (exact) mass is 433 g/mol. The van der Waals surface area contributed by atoms with Gasteiger partial charge in [-0.25, -0.2) is 12.8 Å². The Bertz CT molecular complexity index is 850. The summed E-state index contributed by atoms with van der Waals surface area (Å²) in [6.07, 6.45) is 1.02. The average Bonchev–Trinajstić information content (AvgIpc) is 2.43. The summed E-state index contributed by atoms with van der Waals surface area (Å²) >= 11 is 2.04. The number of amides is 1. The summed E-state index contributed by atoms with van der Waals surface area (Å²) in [6.45, 7) is 1.86. The summed E-state index contributed by atoms with van der Waals surface area (Å²) in [6, 6.07) is 8.52. The molecular weight excluding hydrogens is 420 g/mol. The van der Waals surface area contributed by atoms with Crippen molar-refractivity contribution in [3.05, 3.63) is 56.9 Å². The fraction of sp³-hybridized carbons (Fsp3) is 0.133. The van der Waals surface area contributed by atoms with Gasteiger partial charge in [-0.15, -0.1) is 0 Å². The van der Waals surface area contributed by atoms with E-state index in [4.69, 9.17) is 0 Å². The van der Waals surface area contributed by atoms with Gasteiger partial charge in [-0.1, -0.05) is 12.1 Å². The molecule has 1 amide bonds. The summed E-state index contributed by atoms with van der Waals surface area (Å²) in [4.78, 5) is 12.2. The number of rotatable bonds is 3. The van der Waals surface area contributed by atoms with E-state index in [2.05, 4.69) is 5.32 Å². The van der Waals surface area contributed by atoms with Crippen LogP contribution < -0.4 is 5.32 Å². The zero-order valence-corrected chi connectivity index (χ0v) is 14.8. The summed E-state index contributed by atoms with van der Waals surface area (Å²) in [5.74, 6) is -1.18. The molecule has 0 atom stereocenters. The normalized spacial score (nSPS) is 11.3. The molecule has 1 N–H and O–H groups in total. The predicted octanol–water partition coefficient (Wildman–Crippen LogP) is 3.39. The van der Waals surface area contributed by atoms with E-state index >= 15 is 0 Å². The van der Waals surface area contributed by atoms with Crippen LogP contribution in [-0.4, -0.2) is 20.6 Å².